The molecule has 1 amide bonds. The standard InChI is InChI=1S/C25H28N2O4/c1-29-21-12-13-23(30-2)20(16-21)17-27(15-14-26)25(28)22-10-6-7-11-24(22)31-18-19-8-4-3-5-9-19/h3-13,16H,14-15,17-18,26H2,1-2H3. The lowest BCUT2D eigenvalue weighted by Crippen LogP contribution is -2.35. The van der Waals surface area contributed by atoms with Gasteiger partial charge in [0.1, 0.15) is 23.9 Å². The van der Waals surface area contributed by atoms with E-state index in [0.717, 1.165) is 11.1 Å². The van der Waals surface area contributed by atoms with Crippen LogP contribution in [0.15, 0.2) is 72.8 Å². The Kier molecular flexibility index (Phi) is 7.90. The maximum atomic E-state index is 13.4. The normalized spacial score (nSPS) is 10.4. The summed E-state index contributed by atoms with van der Waals surface area (Å²) < 4.78 is 16.8. The number of carbonyl (C=O) groups is 1. The summed E-state index contributed by atoms with van der Waals surface area (Å²) in [6.45, 7) is 1.45. The van der Waals surface area contributed by atoms with Gasteiger partial charge in [-0.2, -0.15) is 0 Å². The van der Waals surface area contributed by atoms with Crippen molar-refractivity contribution in [1.82, 2.24) is 4.90 Å². The smallest absolute Gasteiger partial charge is 0.257 e. The van der Waals surface area contributed by atoms with Crippen molar-refractivity contribution in [2.24, 2.45) is 5.73 Å². The van der Waals surface area contributed by atoms with E-state index in [2.05, 4.69) is 0 Å². The van der Waals surface area contributed by atoms with E-state index in [1.54, 1.807) is 25.2 Å². The molecule has 0 fully saturated rings. The molecule has 3 rings (SSSR count). The van der Waals surface area contributed by atoms with Crippen LogP contribution in [0.25, 0.3) is 0 Å². The van der Waals surface area contributed by atoms with E-state index < -0.39 is 0 Å². The van der Waals surface area contributed by atoms with Crippen molar-refractivity contribution in [3.63, 3.8) is 0 Å². The lowest BCUT2D eigenvalue weighted by atomic mass is 10.1. The van der Waals surface area contributed by atoms with Gasteiger partial charge in [0.25, 0.3) is 5.91 Å². The van der Waals surface area contributed by atoms with Gasteiger partial charge < -0.3 is 24.8 Å². The van der Waals surface area contributed by atoms with Gasteiger partial charge >= 0.3 is 0 Å². The lowest BCUT2D eigenvalue weighted by molar-refractivity contribution is 0.0742. The van der Waals surface area contributed by atoms with Crippen LogP contribution in [-0.2, 0) is 13.2 Å². The molecule has 0 aromatic heterocycles. The van der Waals surface area contributed by atoms with Crippen molar-refractivity contribution in [2.45, 2.75) is 13.2 Å². The van der Waals surface area contributed by atoms with Crippen LogP contribution in [0.2, 0.25) is 0 Å². The third-order valence-corrected chi connectivity index (χ3v) is 4.89. The molecular formula is C25H28N2O4. The van der Waals surface area contributed by atoms with Crippen LogP contribution in [0, 0.1) is 0 Å². The number of nitrogens with zero attached hydrogens (tertiary/aromatic N) is 1. The third kappa shape index (κ3) is 5.77. The Bertz CT molecular complexity index is 992. The Balaban J connectivity index is 1.84. The van der Waals surface area contributed by atoms with Gasteiger partial charge in [-0.3, -0.25) is 4.79 Å². The maximum Gasteiger partial charge on any atom is 0.257 e. The molecule has 0 atom stereocenters. The van der Waals surface area contributed by atoms with Gasteiger partial charge in [-0.1, -0.05) is 42.5 Å². The zero-order valence-corrected chi connectivity index (χ0v) is 17.9. The van der Waals surface area contributed by atoms with Gasteiger partial charge in [-0.15, -0.1) is 0 Å². The SMILES string of the molecule is COc1ccc(OC)c(CN(CCN)C(=O)c2ccccc2OCc2ccccc2)c1. The van der Waals surface area contributed by atoms with E-state index in [-0.39, 0.29) is 5.91 Å². The highest BCUT2D eigenvalue weighted by atomic mass is 16.5. The van der Waals surface area contributed by atoms with Crippen LogP contribution < -0.4 is 19.9 Å². The monoisotopic (exact) mass is 420 g/mol. The van der Waals surface area contributed by atoms with Gasteiger partial charge in [0.15, 0.2) is 0 Å². The average Bonchev–Trinajstić information content (AvgIpc) is 2.82. The summed E-state index contributed by atoms with van der Waals surface area (Å²) in [5.74, 6) is 1.77. The van der Waals surface area contributed by atoms with E-state index in [4.69, 9.17) is 19.9 Å². The van der Waals surface area contributed by atoms with Crippen molar-refractivity contribution >= 4 is 5.91 Å². The number of methoxy groups -OCH3 is 2. The molecule has 31 heavy (non-hydrogen) atoms. The highest BCUT2D eigenvalue weighted by molar-refractivity contribution is 5.97. The molecule has 0 spiro atoms. The Morgan fingerprint density at radius 2 is 1.65 bits per heavy atom. The second-order valence-electron chi connectivity index (χ2n) is 6.96. The summed E-state index contributed by atoms with van der Waals surface area (Å²) in [7, 11) is 3.21. The van der Waals surface area contributed by atoms with E-state index >= 15 is 0 Å². The quantitative estimate of drug-likeness (QED) is 0.539. The number of carbonyl (C=O) groups excluding carboxylic acids is 1. The van der Waals surface area contributed by atoms with Crippen molar-refractivity contribution in [2.75, 3.05) is 27.3 Å². The molecule has 162 valence electrons. The molecule has 0 aliphatic carbocycles. The maximum absolute atomic E-state index is 13.4. The molecule has 0 aliphatic heterocycles. The molecule has 0 aliphatic rings. The number of hydrogen-bond donors (Lipinski definition) is 1. The highest BCUT2D eigenvalue weighted by Crippen LogP contribution is 2.27. The van der Waals surface area contributed by atoms with Crippen LogP contribution in [-0.4, -0.2) is 38.1 Å². The largest absolute Gasteiger partial charge is 0.497 e. The molecule has 0 unspecified atom stereocenters. The Morgan fingerprint density at radius 1 is 0.903 bits per heavy atom. The highest BCUT2D eigenvalue weighted by Gasteiger charge is 2.21. The Labute approximate surface area is 183 Å². The Morgan fingerprint density at radius 3 is 2.35 bits per heavy atom. The second kappa shape index (κ2) is 11.0. The van der Waals surface area contributed by atoms with E-state index in [1.807, 2.05) is 66.7 Å². The van der Waals surface area contributed by atoms with Gasteiger partial charge in [-0.05, 0) is 35.9 Å². The number of hydrogen-bond acceptors (Lipinski definition) is 5. The summed E-state index contributed by atoms with van der Waals surface area (Å²) in [5.41, 5.74) is 8.18. The van der Waals surface area contributed by atoms with E-state index in [1.165, 1.54) is 0 Å². The summed E-state index contributed by atoms with van der Waals surface area (Å²) in [4.78, 5) is 15.1. The lowest BCUT2D eigenvalue weighted by Gasteiger charge is -2.24. The first kappa shape index (κ1) is 22.2. The molecule has 0 radical (unpaired) electrons. The summed E-state index contributed by atoms with van der Waals surface area (Å²) in [5, 5.41) is 0. The Hall–Kier alpha value is -3.51. The third-order valence-electron chi connectivity index (χ3n) is 4.89. The minimum atomic E-state index is -0.154. The van der Waals surface area contributed by atoms with Crippen LogP contribution in [0.4, 0.5) is 0 Å². The summed E-state index contributed by atoms with van der Waals surface area (Å²) in [6.07, 6.45) is 0. The van der Waals surface area contributed by atoms with Gasteiger partial charge in [0.2, 0.25) is 0 Å². The first-order valence-corrected chi connectivity index (χ1v) is 10.1. The predicted octanol–water partition coefficient (Wildman–Crippen LogP) is 3.88. The fourth-order valence-corrected chi connectivity index (χ4v) is 3.29. The van der Waals surface area contributed by atoms with E-state index in [0.29, 0.717) is 49.1 Å². The van der Waals surface area contributed by atoms with Crippen LogP contribution in [0.3, 0.4) is 0 Å². The molecule has 3 aromatic carbocycles. The van der Waals surface area contributed by atoms with Crippen LogP contribution in [0.1, 0.15) is 21.5 Å². The van der Waals surface area contributed by atoms with Crippen molar-refractivity contribution in [1.29, 1.82) is 0 Å². The van der Waals surface area contributed by atoms with Gasteiger partial charge in [0, 0.05) is 25.2 Å². The molecule has 2 N–H and O–H groups in total. The summed E-state index contributed by atoms with van der Waals surface area (Å²) >= 11 is 0. The molecule has 6 heteroatoms. The molecule has 0 heterocycles. The topological polar surface area (TPSA) is 74.0 Å². The summed E-state index contributed by atoms with van der Waals surface area (Å²) in [6, 6.07) is 22.6. The molecule has 0 bridgehead atoms. The first-order chi connectivity index (χ1) is 15.2. The fraction of sp³-hybridized carbons (Fsp3) is 0.240. The van der Waals surface area contributed by atoms with Crippen LogP contribution in [0.5, 0.6) is 17.2 Å². The number of ether oxygens (including phenoxy) is 3. The van der Waals surface area contributed by atoms with Crippen molar-refractivity contribution in [3.8, 4) is 17.2 Å². The molecule has 0 saturated carbocycles. The van der Waals surface area contributed by atoms with Crippen molar-refractivity contribution < 1.29 is 19.0 Å². The molecule has 0 saturated heterocycles. The van der Waals surface area contributed by atoms with Crippen LogP contribution >= 0.6 is 0 Å². The second-order valence-corrected chi connectivity index (χ2v) is 6.96. The average molecular weight is 421 g/mol. The zero-order chi connectivity index (χ0) is 22.1. The van der Waals surface area contributed by atoms with E-state index in [9.17, 15) is 4.79 Å². The first-order valence-electron chi connectivity index (χ1n) is 10.1. The van der Waals surface area contributed by atoms with Gasteiger partial charge in [-0.25, -0.2) is 0 Å². The number of rotatable bonds is 10. The predicted molar refractivity (Wildman–Crippen MR) is 121 cm³/mol. The minimum Gasteiger partial charge on any atom is -0.497 e. The molecular weight excluding hydrogens is 392 g/mol. The number of benzene rings is 3. The minimum absolute atomic E-state index is 0.154. The molecule has 6 nitrogen and oxygen atoms in total. The number of nitrogens with two attached hydrogens (primary N) is 1. The number of amides is 1. The number of para-hydroxylation sites is 1. The van der Waals surface area contributed by atoms with Gasteiger partial charge in [0.05, 0.1) is 19.8 Å². The zero-order valence-electron chi connectivity index (χ0n) is 17.9. The molecule has 3 aromatic rings. The van der Waals surface area contributed by atoms with Crippen molar-refractivity contribution in [3.05, 3.63) is 89.5 Å². The fourth-order valence-electron chi connectivity index (χ4n) is 3.29.